The maximum atomic E-state index is 13.1. The third-order valence-electron chi connectivity index (χ3n) is 3.21. The summed E-state index contributed by atoms with van der Waals surface area (Å²) < 4.78 is 48.3. The van der Waals surface area contributed by atoms with E-state index in [1.807, 2.05) is 0 Å². The minimum absolute atomic E-state index is 0.0732. The molecule has 0 aliphatic carbocycles. The number of halogens is 1. The van der Waals surface area contributed by atoms with Crippen LogP contribution in [0.3, 0.4) is 0 Å². The van der Waals surface area contributed by atoms with Crippen molar-refractivity contribution in [2.45, 2.75) is 18.2 Å². The van der Waals surface area contributed by atoms with E-state index in [2.05, 4.69) is 6.58 Å². The van der Waals surface area contributed by atoms with Gasteiger partial charge in [0.2, 0.25) is 0 Å². The maximum absolute atomic E-state index is 13.1. The highest BCUT2D eigenvalue weighted by Gasteiger charge is 2.21. The standard InChI is InChI=1S/C17H17FO4S/c1-4-5-13-6-8-15(16(11-13)21-3)22-23(19,20)17-9-7-14(18)10-12(17)2/h4,6-11H,1,5H2,2-3H3. The Morgan fingerprint density at radius 1 is 1.17 bits per heavy atom. The molecule has 0 radical (unpaired) electrons. The molecule has 23 heavy (non-hydrogen) atoms. The third-order valence-corrected chi connectivity index (χ3v) is 4.61. The number of rotatable bonds is 6. The van der Waals surface area contributed by atoms with Crippen molar-refractivity contribution in [1.82, 2.24) is 0 Å². The van der Waals surface area contributed by atoms with Gasteiger partial charge < -0.3 is 8.92 Å². The van der Waals surface area contributed by atoms with E-state index in [9.17, 15) is 12.8 Å². The molecule has 0 aliphatic heterocycles. The SMILES string of the molecule is C=CCc1ccc(OS(=O)(=O)c2ccc(F)cc2C)c(OC)c1. The van der Waals surface area contributed by atoms with E-state index in [4.69, 9.17) is 8.92 Å². The number of methoxy groups -OCH3 is 1. The third kappa shape index (κ3) is 3.90. The first kappa shape index (κ1) is 17.0. The lowest BCUT2D eigenvalue weighted by atomic mass is 10.1. The van der Waals surface area contributed by atoms with Gasteiger partial charge in [-0.25, -0.2) is 4.39 Å². The molecule has 122 valence electrons. The molecule has 6 heteroatoms. The Labute approximate surface area is 135 Å². The van der Waals surface area contributed by atoms with Gasteiger partial charge in [0.05, 0.1) is 7.11 Å². The van der Waals surface area contributed by atoms with E-state index in [1.165, 1.54) is 26.2 Å². The van der Waals surface area contributed by atoms with Crippen LogP contribution in [-0.2, 0) is 16.5 Å². The van der Waals surface area contributed by atoms with Gasteiger partial charge in [0.25, 0.3) is 0 Å². The van der Waals surface area contributed by atoms with Gasteiger partial charge in [-0.2, -0.15) is 8.42 Å². The van der Waals surface area contributed by atoms with Crippen molar-refractivity contribution in [2.24, 2.45) is 0 Å². The fraction of sp³-hybridized carbons (Fsp3) is 0.176. The summed E-state index contributed by atoms with van der Waals surface area (Å²) in [5.41, 5.74) is 1.19. The van der Waals surface area contributed by atoms with E-state index in [1.54, 1.807) is 18.2 Å². The molecule has 0 unspecified atom stereocenters. The molecule has 0 amide bonds. The van der Waals surface area contributed by atoms with Crippen LogP contribution in [0.25, 0.3) is 0 Å². The number of ether oxygens (including phenoxy) is 1. The molecule has 0 N–H and O–H groups in total. The van der Waals surface area contributed by atoms with E-state index in [0.717, 1.165) is 17.7 Å². The smallest absolute Gasteiger partial charge is 0.339 e. The van der Waals surface area contributed by atoms with Gasteiger partial charge in [0.1, 0.15) is 10.7 Å². The second-order valence-corrected chi connectivity index (χ2v) is 6.44. The van der Waals surface area contributed by atoms with Crippen molar-refractivity contribution in [1.29, 1.82) is 0 Å². The van der Waals surface area contributed by atoms with Crippen LogP contribution in [0.2, 0.25) is 0 Å². The van der Waals surface area contributed by atoms with Crippen molar-refractivity contribution in [3.05, 3.63) is 66.0 Å². The summed E-state index contributed by atoms with van der Waals surface area (Å²) >= 11 is 0. The van der Waals surface area contributed by atoms with Crippen LogP contribution in [-0.4, -0.2) is 15.5 Å². The Balaban J connectivity index is 2.38. The summed E-state index contributed by atoms with van der Waals surface area (Å²) in [5.74, 6) is -0.135. The minimum atomic E-state index is -4.09. The summed E-state index contributed by atoms with van der Waals surface area (Å²) in [4.78, 5) is -0.0869. The molecule has 0 saturated carbocycles. The molecule has 0 bridgehead atoms. The molecular formula is C17H17FO4S. The Kier molecular flexibility index (Phi) is 5.05. The summed E-state index contributed by atoms with van der Waals surface area (Å²) in [7, 11) is -2.66. The molecule has 0 aromatic heterocycles. The van der Waals surface area contributed by atoms with Crippen LogP contribution >= 0.6 is 0 Å². The summed E-state index contributed by atoms with van der Waals surface area (Å²) in [6.45, 7) is 5.15. The van der Waals surface area contributed by atoms with E-state index < -0.39 is 15.9 Å². The lowest BCUT2D eigenvalue weighted by Crippen LogP contribution is -2.12. The quantitative estimate of drug-likeness (QED) is 0.597. The van der Waals surface area contributed by atoms with Crippen LogP contribution in [0.5, 0.6) is 11.5 Å². The zero-order valence-corrected chi connectivity index (χ0v) is 13.7. The Bertz CT molecular complexity index is 828. The van der Waals surface area contributed by atoms with Crippen LogP contribution in [0.1, 0.15) is 11.1 Å². The minimum Gasteiger partial charge on any atom is -0.493 e. The van der Waals surface area contributed by atoms with Crippen LogP contribution < -0.4 is 8.92 Å². The second kappa shape index (κ2) is 6.83. The lowest BCUT2D eigenvalue weighted by Gasteiger charge is -2.13. The molecule has 4 nitrogen and oxygen atoms in total. The number of aryl methyl sites for hydroxylation is 1. The molecule has 0 atom stereocenters. The highest BCUT2D eigenvalue weighted by molar-refractivity contribution is 7.87. The predicted molar refractivity (Wildman–Crippen MR) is 85.8 cm³/mol. The van der Waals surface area contributed by atoms with Crippen LogP contribution in [0.4, 0.5) is 4.39 Å². The largest absolute Gasteiger partial charge is 0.493 e. The molecule has 2 rings (SSSR count). The highest BCUT2D eigenvalue weighted by atomic mass is 32.2. The van der Waals surface area contributed by atoms with Crippen LogP contribution in [0, 0.1) is 12.7 Å². The summed E-state index contributed by atoms with van der Waals surface area (Å²) in [6.07, 6.45) is 2.36. The molecule has 2 aromatic carbocycles. The number of allylic oxidation sites excluding steroid dienone is 1. The first-order valence-corrected chi connectivity index (χ1v) is 8.26. The number of hydrogen-bond donors (Lipinski definition) is 0. The Morgan fingerprint density at radius 2 is 1.91 bits per heavy atom. The number of benzene rings is 2. The molecular weight excluding hydrogens is 319 g/mol. The second-order valence-electron chi connectivity index (χ2n) is 4.93. The topological polar surface area (TPSA) is 52.6 Å². The maximum Gasteiger partial charge on any atom is 0.339 e. The van der Waals surface area contributed by atoms with Gasteiger partial charge in [-0.1, -0.05) is 12.1 Å². The van der Waals surface area contributed by atoms with Crippen LogP contribution in [0.15, 0.2) is 53.9 Å². The van der Waals surface area contributed by atoms with Gasteiger partial charge in [0, 0.05) is 0 Å². The van der Waals surface area contributed by atoms with Gasteiger partial charge in [-0.05, 0) is 54.8 Å². The van der Waals surface area contributed by atoms with Crippen molar-refractivity contribution in [3.63, 3.8) is 0 Å². The normalized spacial score (nSPS) is 11.1. The summed E-state index contributed by atoms with van der Waals surface area (Å²) in [5, 5.41) is 0. The van der Waals surface area contributed by atoms with E-state index >= 15 is 0 Å². The molecule has 0 aliphatic rings. The Morgan fingerprint density at radius 3 is 2.52 bits per heavy atom. The molecule has 0 saturated heterocycles. The van der Waals surface area contributed by atoms with Gasteiger partial charge in [0.15, 0.2) is 11.5 Å². The first-order valence-electron chi connectivity index (χ1n) is 6.86. The predicted octanol–water partition coefficient (Wildman–Crippen LogP) is 3.64. The monoisotopic (exact) mass is 336 g/mol. The fourth-order valence-electron chi connectivity index (χ4n) is 2.13. The zero-order chi connectivity index (χ0) is 17.0. The average Bonchev–Trinajstić information content (AvgIpc) is 2.48. The fourth-order valence-corrected chi connectivity index (χ4v) is 3.28. The lowest BCUT2D eigenvalue weighted by molar-refractivity contribution is 0.390. The molecule has 0 fully saturated rings. The van der Waals surface area contributed by atoms with Gasteiger partial charge >= 0.3 is 10.1 Å². The van der Waals surface area contributed by atoms with Gasteiger partial charge in [-0.3, -0.25) is 0 Å². The highest BCUT2D eigenvalue weighted by Crippen LogP contribution is 2.31. The average molecular weight is 336 g/mol. The molecule has 0 heterocycles. The van der Waals surface area contributed by atoms with Crippen molar-refractivity contribution < 1.29 is 21.7 Å². The van der Waals surface area contributed by atoms with Crippen molar-refractivity contribution in [3.8, 4) is 11.5 Å². The van der Waals surface area contributed by atoms with Crippen molar-refractivity contribution in [2.75, 3.05) is 7.11 Å². The van der Waals surface area contributed by atoms with Crippen molar-refractivity contribution >= 4 is 10.1 Å². The molecule has 0 spiro atoms. The molecule has 2 aromatic rings. The van der Waals surface area contributed by atoms with E-state index in [0.29, 0.717) is 12.2 Å². The van der Waals surface area contributed by atoms with Gasteiger partial charge in [-0.15, -0.1) is 6.58 Å². The zero-order valence-electron chi connectivity index (χ0n) is 12.9. The van der Waals surface area contributed by atoms with E-state index in [-0.39, 0.29) is 16.2 Å². The number of hydrogen-bond acceptors (Lipinski definition) is 4. The Hall–Kier alpha value is -2.34. The summed E-state index contributed by atoms with van der Waals surface area (Å²) in [6, 6.07) is 8.33. The first-order chi connectivity index (χ1) is 10.9.